The highest BCUT2D eigenvalue weighted by molar-refractivity contribution is 5.91. The van der Waals surface area contributed by atoms with Crippen molar-refractivity contribution in [2.24, 2.45) is 11.3 Å². The van der Waals surface area contributed by atoms with Gasteiger partial charge in [-0.15, -0.1) is 0 Å². The molecule has 0 amide bonds. The molecule has 18 heavy (non-hydrogen) atoms. The van der Waals surface area contributed by atoms with Crippen molar-refractivity contribution in [3.8, 4) is 0 Å². The van der Waals surface area contributed by atoms with Gasteiger partial charge < -0.3 is 9.84 Å². The molecule has 4 atom stereocenters. The smallest absolute Gasteiger partial charge is 0.334 e. The Kier molecular flexibility index (Phi) is 2.44. The second-order valence-electron chi connectivity index (χ2n) is 6.74. The normalized spacial score (nSPS) is 47.7. The second-order valence-corrected chi connectivity index (χ2v) is 6.74. The number of hydrogen-bond donors (Lipinski definition) is 1. The minimum atomic E-state index is -0.625. The van der Waals surface area contributed by atoms with Crippen LogP contribution in [0.5, 0.6) is 0 Å². The molecule has 0 aromatic rings. The zero-order valence-electron chi connectivity index (χ0n) is 11.5. The van der Waals surface area contributed by atoms with Crippen LogP contribution in [-0.2, 0) is 9.53 Å². The fourth-order valence-electron chi connectivity index (χ4n) is 4.20. The Balaban J connectivity index is 2.00. The van der Waals surface area contributed by atoms with Crippen LogP contribution in [0.15, 0.2) is 11.1 Å². The van der Waals surface area contributed by atoms with E-state index in [0.29, 0.717) is 5.92 Å². The Morgan fingerprint density at radius 3 is 2.83 bits per heavy atom. The Bertz CT molecular complexity index is 435. The van der Waals surface area contributed by atoms with E-state index >= 15 is 0 Å². The Hall–Kier alpha value is -0.830. The molecule has 0 unspecified atom stereocenters. The number of carbonyl (C=O) groups excluding carboxylic acids is 1. The lowest BCUT2D eigenvalue weighted by molar-refractivity contribution is -0.153. The number of ether oxygens (including phenoxy) is 1. The SMILES string of the molecule is CC1=C2C[C@]3(C)[C@H](CCC[C@@]3(C)O)C[C@@H]2OC1=O. The maximum absolute atomic E-state index is 11.7. The van der Waals surface area contributed by atoms with Crippen molar-refractivity contribution in [3.05, 3.63) is 11.1 Å². The standard InChI is InChI=1S/C15H22O3/c1-9-11-8-14(2)10(5-4-6-15(14,3)17)7-12(11)18-13(9)16/h10,12,17H,4-8H2,1-3H3/t10-,12+,14-,15-/m1/s1. The molecular formula is C15H22O3. The lowest BCUT2D eigenvalue weighted by Gasteiger charge is -2.55. The zero-order chi connectivity index (χ0) is 13.1. The van der Waals surface area contributed by atoms with Gasteiger partial charge in [0, 0.05) is 11.0 Å². The molecule has 0 radical (unpaired) electrons. The van der Waals surface area contributed by atoms with Crippen molar-refractivity contribution >= 4 is 5.97 Å². The molecule has 100 valence electrons. The van der Waals surface area contributed by atoms with E-state index in [9.17, 15) is 9.90 Å². The third-order valence-electron chi connectivity index (χ3n) is 5.83. The van der Waals surface area contributed by atoms with E-state index in [-0.39, 0.29) is 17.5 Å². The summed E-state index contributed by atoms with van der Waals surface area (Å²) in [7, 11) is 0. The largest absolute Gasteiger partial charge is 0.454 e. The molecular weight excluding hydrogens is 228 g/mol. The molecule has 2 saturated carbocycles. The molecule has 1 N–H and O–H groups in total. The molecule has 3 nitrogen and oxygen atoms in total. The lowest BCUT2D eigenvalue weighted by atomic mass is 9.52. The number of fused-ring (bicyclic) bond motifs is 2. The topological polar surface area (TPSA) is 46.5 Å². The molecule has 2 fully saturated rings. The lowest BCUT2D eigenvalue weighted by Crippen LogP contribution is -2.55. The molecule has 2 aliphatic carbocycles. The van der Waals surface area contributed by atoms with Crippen molar-refractivity contribution < 1.29 is 14.6 Å². The summed E-state index contributed by atoms with van der Waals surface area (Å²) in [6.07, 6.45) is 4.78. The number of hydrogen-bond acceptors (Lipinski definition) is 3. The van der Waals surface area contributed by atoms with E-state index in [0.717, 1.165) is 43.3 Å². The van der Waals surface area contributed by atoms with Crippen LogP contribution in [0.4, 0.5) is 0 Å². The first-order valence-electron chi connectivity index (χ1n) is 6.98. The maximum atomic E-state index is 11.7. The minimum absolute atomic E-state index is 0.00975. The fourth-order valence-corrected chi connectivity index (χ4v) is 4.20. The van der Waals surface area contributed by atoms with Gasteiger partial charge in [-0.3, -0.25) is 0 Å². The van der Waals surface area contributed by atoms with Crippen LogP contribution in [0.3, 0.4) is 0 Å². The molecule has 3 aliphatic rings. The van der Waals surface area contributed by atoms with E-state index in [2.05, 4.69) is 6.92 Å². The molecule has 1 aliphatic heterocycles. The average Bonchev–Trinajstić information content (AvgIpc) is 2.54. The Labute approximate surface area is 108 Å². The van der Waals surface area contributed by atoms with E-state index in [4.69, 9.17) is 4.74 Å². The predicted molar refractivity (Wildman–Crippen MR) is 67.9 cm³/mol. The third-order valence-corrected chi connectivity index (χ3v) is 5.83. The molecule has 1 heterocycles. The van der Waals surface area contributed by atoms with Gasteiger partial charge in [0.15, 0.2) is 0 Å². The van der Waals surface area contributed by atoms with Crippen molar-refractivity contribution in [1.82, 2.24) is 0 Å². The number of rotatable bonds is 0. The summed E-state index contributed by atoms with van der Waals surface area (Å²) < 4.78 is 5.45. The van der Waals surface area contributed by atoms with E-state index in [1.807, 2.05) is 13.8 Å². The van der Waals surface area contributed by atoms with Gasteiger partial charge in [0.1, 0.15) is 6.10 Å². The minimum Gasteiger partial charge on any atom is -0.454 e. The molecule has 0 bridgehead atoms. The summed E-state index contributed by atoms with van der Waals surface area (Å²) in [4.78, 5) is 11.7. The van der Waals surface area contributed by atoms with Gasteiger partial charge in [0.25, 0.3) is 0 Å². The van der Waals surface area contributed by atoms with Crippen molar-refractivity contribution in [2.45, 2.75) is 64.6 Å². The predicted octanol–water partition coefficient (Wildman–Crippen LogP) is 2.58. The maximum Gasteiger partial charge on any atom is 0.334 e. The number of esters is 1. The van der Waals surface area contributed by atoms with Gasteiger partial charge in [0.05, 0.1) is 5.60 Å². The van der Waals surface area contributed by atoms with Crippen LogP contribution in [0.2, 0.25) is 0 Å². The van der Waals surface area contributed by atoms with E-state index in [1.165, 1.54) is 0 Å². The summed E-state index contributed by atoms with van der Waals surface area (Å²) in [5.41, 5.74) is 1.19. The van der Waals surface area contributed by atoms with Gasteiger partial charge >= 0.3 is 5.97 Å². The van der Waals surface area contributed by atoms with Crippen LogP contribution in [0, 0.1) is 11.3 Å². The van der Waals surface area contributed by atoms with Gasteiger partial charge in [0.2, 0.25) is 0 Å². The number of aliphatic hydroxyl groups is 1. The van der Waals surface area contributed by atoms with E-state index in [1.54, 1.807) is 0 Å². The van der Waals surface area contributed by atoms with Gasteiger partial charge in [-0.1, -0.05) is 13.3 Å². The molecule has 3 rings (SSSR count). The average molecular weight is 250 g/mol. The summed E-state index contributed by atoms with van der Waals surface area (Å²) >= 11 is 0. The fraction of sp³-hybridized carbons (Fsp3) is 0.800. The van der Waals surface area contributed by atoms with Crippen molar-refractivity contribution in [3.63, 3.8) is 0 Å². The number of carbonyl (C=O) groups is 1. The molecule has 0 aromatic heterocycles. The highest BCUT2D eigenvalue weighted by atomic mass is 16.5. The molecule has 0 aromatic carbocycles. The summed E-state index contributed by atoms with van der Waals surface area (Å²) in [5.74, 6) is 0.311. The third kappa shape index (κ3) is 1.43. The zero-order valence-corrected chi connectivity index (χ0v) is 11.5. The first-order valence-corrected chi connectivity index (χ1v) is 6.98. The summed E-state index contributed by atoms with van der Waals surface area (Å²) in [5, 5.41) is 10.8. The summed E-state index contributed by atoms with van der Waals surface area (Å²) in [6.45, 7) is 6.02. The van der Waals surface area contributed by atoms with Crippen molar-refractivity contribution in [1.29, 1.82) is 0 Å². The van der Waals surface area contributed by atoms with Crippen LogP contribution in [0.25, 0.3) is 0 Å². The molecule has 0 saturated heterocycles. The van der Waals surface area contributed by atoms with Crippen LogP contribution in [0.1, 0.15) is 52.9 Å². The quantitative estimate of drug-likeness (QED) is 0.672. The molecule has 3 heteroatoms. The molecule has 0 spiro atoms. The highest BCUT2D eigenvalue weighted by Gasteiger charge is 2.56. The first-order chi connectivity index (χ1) is 8.35. The summed E-state index contributed by atoms with van der Waals surface area (Å²) in [6, 6.07) is 0. The monoisotopic (exact) mass is 250 g/mol. The van der Waals surface area contributed by atoms with Crippen molar-refractivity contribution in [2.75, 3.05) is 0 Å². The second kappa shape index (κ2) is 3.60. The van der Waals surface area contributed by atoms with E-state index < -0.39 is 5.60 Å². The Morgan fingerprint density at radius 1 is 1.39 bits per heavy atom. The highest BCUT2D eigenvalue weighted by Crippen LogP contribution is 2.58. The van der Waals surface area contributed by atoms with Gasteiger partial charge in [-0.2, -0.15) is 0 Å². The van der Waals surface area contributed by atoms with Crippen LogP contribution < -0.4 is 0 Å². The van der Waals surface area contributed by atoms with Crippen LogP contribution >= 0.6 is 0 Å². The first kappa shape index (κ1) is 12.2. The van der Waals surface area contributed by atoms with Crippen LogP contribution in [-0.4, -0.2) is 22.8 Å². The van der Waals surface area contributed by atoms with Gasteiger partial charge in [-0.25, -0.2) is 4.79 Å². The Morgan fingerprint density at radius 2 is 2.11 bits per heavy atom. The van der Waals surface area contributed by atoms with Gasteiger partial charge in [-0.05, 0) is 51.0 Å².